The van der Waals surface area contributed by atoms with E-state index < -0.39 is 18.2 Å². The van der Waals surface area contributed by atoms with Crippen LogP contribution in [0.5, 0.6) is 0 Å². The Bertz CT molecular complexity index is 337. The third kappa shape index (κ3) is 9.89. The van der Waals surface area contributed by atoms with Gasteiger partial charge in [-0.1, -0.05) is 25.7 Å². The van der Waals surface area contributed by atoms with Gasteiger partial charge in [0.15, 0.2) is 0 Å². The molecule has 0 spiro atoms. The van der Waals surface area contributed by atoms with Crippen molar-refractivity contribution in [2.45, 2.75) is 69.6 Å². The van der Waals surface area contributed by atoms with E-state index in [-0.39, 0.29) is 19.6 Å². The highest BCUT2D eigenvalue weighted by Gasteiger charge is 2.75. The molecule has 0 aliphatic carbocycles. The van der Waals surface area contributed by atoms with E-state index in [1.165, 1.54) is 5.48 Å². The zero-order chi connectivity index (χ0) is 20.1. The SMILES string of the molecule is OCCCCCCOCCCCCCNOC(F)(C(F)(F)F)C(F)(F)F. The zero-order valence-electron chi connectivity index (χ0n) is 14.4. The van der Waals surface area contributed by atoms with Crippen LogP contribution in [0.25, 0.3) is 0 Å². The Morgan fingerprint density at radius 2 is 1.12 bits per heavy atom. The fraction of sp³-hybridized carbons (Fsp3) is 1.00. The van der Waals surface area contributed by atoms with Gasteiger partial charge in [-0.05, 0) is 25.7 Å². The number of alkyl halides is 7. The largest absolute Gasteiger partial charge is 0.459 e. The minimum absolute atomic E-state index is 0.180. The molecule has 0 amide bonds. The second-order valence-electron chi connectivity index (χ2n) is 5.75. The van der Waals surface area contributed by atoms with E-state index in [1.54, 1.807) is 0 Å². The van der Waals surface area contributed by atoms with Crippen LogP contribution in [0, 0.1) is 0 Å². The summed E-state index contributed by atoms with van der Waals surface area (Å²) < 4.78 is 91.5. The molecule has 0 aliphatic heterocycles. The Morgan fingerprint density at radius 3 is 1.58 bits per heavy atom. The van der Waals surface area contributed by atoms with Gasteiger partial charge in [-0.25, -0.2) is 4.84 Å². The minimum atomic E-state index is -6.23. The van der Waals surface area contributed by atoms with Gasteiger partial charge in [0.05, 0.1) is 0 Å². The second-order valence-corrected chi connectivity index (χ2v) is 5.75. The molecule has 0 aromatic rings. The summed E-state index contributed by atoms with van der Waals surface area (Å²) in [6.07, 6.45) is -6.75. The summed E-state index contributed by atoms with van der Waals surface area (Å²) >= 11 is 0. The molecule has 0 aromatic carbocycles. The predicted molar refractivity (Wildman–Crippen MR) is 79.9 cm³/mol. The average molecular weight is 401 g/mol. The molecule has 0 atom stereocenters. The summed E-state index contributed by atoms with van der Waals surface area (Å²) in [6, 6.07) is 0. The summed E-state index contributed by atoms with van der Waals surface area (Å²) in [4.78, 5) is 3.25. The number of ether oxygens (including phenoxy) is 1. The predicted octanol–water partition coefficient (Wildman–Crippen LogP) is 4.43. The first kappa shape index (κ1) is 25.4. The summed E-state index contributed by atoms with van der Waals surface area (Å²) in [5.74, 6) is -5.73. The van der Waals surface area contributed by atoms with Gasteiger partial charge in [0.1, 0.15) is 0 Å². The Balaban J connectivity index is 3.64. The Labute approximate surface area is 148 Å². The van der Waals surface area contributed by atoms with Gasteiger partial charge in [0, 0.05) is 26.4 Å². The molecule has 0 aromatic heterocycles. The van der Waals surface area contributed by atoms with Crippen molar-refractivity contribution < 1.29 is 45.4 Å². The molecule has 11 heteroatoms. The molecular weight excluding hydrogens is 375 g/mol. The molecule has 0 fully saturated rings. The maximum Gasteiger partial charge on any atom is 0.459 e. The quantitative estimate of drug-likeness (QED) is 0.242. The van der Waals surface area contributed by atoms with Crippen molar-refractivity contribution in [2.24, 2.45) is 0 Å². The van der Waals surface area contributed by atoms with Crippen LogP contribution in [0.3, 0.4) is 0 Å². The molecule has 2 N–H and O–H groups in total. The lowest BCUT2D eigenvalue weighted by molar-refractivity contribution is -0.442. The first-order valence-electron chi connectivity index (χ1n) is 8.48. The average Bonchev–Trinajstić information content (AvgIpc) is 2.52. The summed E-state index contributed by atoms with van der Waals surface area (Å²) in [7, 11) is 0. The van der Waals surface area contributed by atoms with Gasteiger partial charge in [-0.15, -0.1) is 0 Å². The first-order valence-corrected chi connectivity index (χ1v) is 8.48. The van der Waals surface area contributed by atoms with E-state index in [4.69, 9.17) is 9.84 Å². The van der Waals surface area contributed by atoms with Crippen molar-refractivity contribution in [2.75, 3.05) is 26.4 Å². The van der Waals surface area contributed by atoms with Crippen molar-refractivity contribution in [3.05, 3.63) is 0 Å². The van der Waals surface area contributed by atoms with Crippen molar-refractivity contribution in [1.82, 2.24) is 5.48 Å². The van der Waals surface area contributed by atoms with Crippen LogP contribution < -0.4 is 5.48 Å². The van der Waals surface area contributed by atoms with Crippen LogP contribution in [0.15, 0.2) is 0 Å². The number of aliphatic hydroxyl groups is 1. The van der Waals surface area contributed by atoms with E-state index >= 15 is 0 Å². The van der Waals surface area contributed by atoms with Gasteiger partial charge < -0.3 is 9.84 Å². The van der Waals surface area contributed by atoms with Crippen LogP contribution >= 0.6 is 0 Å². The topological polar surface area (TPSA) is 50.7 Å². The first-order chi connectivity index (χ1) is 12.1. The summed E-state index contributed by atoms with van der Waals surface area (Å²) in [5, 5.41) is 8.59. The third-order valence-electron chi connectivity index (χ3n) is 3.46. The monoisotopic (exact) mass is 401 g/mol. The molecule has 0 unspecified atom stereocenters. The van der Waals surface area contributed by atoms with Gasteiger partial charge in [0.25, 0.3) is 0 Å². The standard InChI is InChI=1S/C15H26F7NO3/c16-13(14(17,18)19,15(20,21)22)26-23-9-5-1-3-7-11-25-12-8-4-2-6-10-24/h23-24H,1-12H2. The maximum absolute atomic E-state index is 13.1. The fourth-order valence-electron chi connectivity index (χ4n) is 1.95. The third-order valence-corrected chi connectivity index (χ3v) is 3.46. The lowest BCUT2D eigenvalue weighted by Gasteiger charge is -2.29. The maximum atomic E-state index is 13.1. The molecule has 0 saturated heterocycles. The van der Waals surface area contributed by atoms with E-state index in [0.717, 1.165) is 25.7 Å². The number of hydrogen-bond acceptors (Lipinski definition) is 4. The Hall–Kier alpha value is -0.650. The number of aliphatic hydroxyl groups excluding tert-OH is 1. The molecule has 4 nitrogen and oxygen atoms in total. The van der Waals surface area contributed by atoms with Gasteiger partial charge in [-0.2, -0.15) is 36.2 Å². The highest BCUT2D eigenvalue weighted by atomic mass is 19.4. The lowest BCUT2D eigenvalue weighted by Crippen LogP contribution is -2.57. The van der Waals surface area contributed by atoms with E-state index in [0.29, 0.717) is 32.5 Å². The van der Waals surface area contributed by atoms with Crippen molar-refractivity contribution >= 4 is 0 Å². The van der Waals surface area contributed by atoms with Gasteiger partial charge in [0.2, 0.25) is 0 Å². The smallest absolute Gasteiger partial charge is 0.396 e. The number of nitrogens with one attached hydrogen (secondary N) is 1. The lowest BCUT2D eigenvalue weighted by atomic mass is 10.2. The highest BCUT2D eigenvalue weighted by Crippen LogP contribution is 2.46. The second kappa shape index (κ2) is 12.7. The number of hydrogen-bond donors (Lipinski definition) is 2. The Kier molecular flexibility index (Phi) is 12.4. The molecule has 0 aliphatic rings. The molecule has 0 radical (unpaired) electrons. The van der Waals surface area contributed by atoms with Crippen molar-refractivity contribution in [1.29, 1.82) is 0 Å². The molecule has 0 rings (SSSR count). The molecular formula is C15H26F7NO3. The van der Waals surface area contributed by atoms with E-state index in [1.807, 2.05) is 0 Å². The molecule has 26 heavy (non-hydrogen) atoms. The zero-order valence-corrected chi connectivity index (χ0v) is 14.4. The van der Waals surface area contributed by atoms with Crippen LogP contribution in [0.1, 0.15) is 51.4 Å². The van der Waals surface area contributed by atoms with Crippen LogP contribution in [0.4, 0.5) is 30.7 Å². The number of unbranched alkanes of at least 4 members (excludes halogenated alkanes) is 6. The van der Waals surface area contributed by atoms with E-state index in [9.17, 15) is 30.7 Å². The molecule has 158 valence electrons. The molecule has 0 heterocycles. The van der Waals surface area contributed by atoms with E-state index in [2.05, 4.69) is 4.84 Å². The highest BCUT2D eigenvalue weighted by molar-refractivity contribution is 4.84. The van der Waals surface area contributed by atoms with Crippen LogP contribution in [-0.4, -0.2) is 49.7 Å². The fourth-order valence-corrected chi connectivity index (χ4v) is 1.95. The van der Waals surface area contributed by atoms with Gasteiger partial charge in [-0.3, -0.25) is 0 Å². The Morgan fingerprint density at radius 1 is 0.654 bits per heavy atom. The molecule has 0 bridgehead atoms. The summed E-state index contributed by atoms with van der Waals surface area (Å²) in [6.45, 7) is 0.955. The number of hydroxylamine groups is 1. The summed E-state index contributed by atoms with van der Waals surface area (Å²) in [5.41, 5.74) is 1.41. The minimum Gasteiger partial charge on any atom is -0.396 e. The molecule has 0 saturated carbocycles. The number of halogens is 7. The van der Waals surface area contributed by atoms with Crippen LogP contribution in [0.2, 0.25) is 0 Å². The van der Waals surface area contributed by atoms with Crippen molar-refractivity contribution in [3.63, 3.8) is 0 Å². The van der Waals surface area contributed by atoms with Gasteiger partial charge >= 0.3 is 18.2 Å². The normalized spacial score (nSPS) is 13.4. The number of rotatable bonds is 15. The van der Waals surface area contributed by atoms with Crippen molar-refractivity contribution in [3.8, 4) is 0 Å². The van der Waals surface area contributed by atoms with Crippen LogP contribution in [-0.2, 0) is 9.57 Å².